The fourth-order valence-corrected chi connectivity index (χ4v) is 4.18. The number of methoxy groups -OCH3 is 1. The van der Waals surface area contributed by atoms with Crippen molar-refractivity contribution in [3.63, 3.8) is 0 Å². The van der Waals surface area contributed by atoms with Crippen molar-refractivity contribution in [2.75, 3.05) is 7.11 Å². The van der Waals surface area contributed by atoms with Crippen molar-refractivity contribution in [2.45, 2.75) is 29.2 Å². The number of aliphatic carboxylic acids is 1. The molecule has 0 spiro atoms. The van der Waals surface area contributed by atoms with Crippen molar-refractivity contribution < 1.29 is 14.6 Å². The Kier molecular flexibility index (Phi) is 4.70. The van der Waals surface area contributed by atoms with Crippen LogP contribution in [0.25, 0.3) is 0 Å². The third-order valence-electron chi connectivity index (χ3n) is 2.28. The standard InChI is InChI=1S/C10H13BrO3S2/c1-4-10(2,9(12)13)16-8-6(11)5-7(14-3)15-8/h5H,4H2,1-3H3,(H,12,13). The molecule has 0 saturated heterocycles. The molecule has 1 aromatic heterocycles. The van der Waals surface area contributed by atoms with Crippen LogP contribution < -0.4 is 4.74 Å². The molecule has 0 aliphatic carbocycles. The molecule has 0 amide bonds. The molecule has 0 saturated carbocycles. The normalized spacial score (nSPS) is 14.5. The van der Waals surface area contributed by atoms with Gasteiger partial charge >= 0.3 is 5.97 Å². The van der Waals surface area contributed by atoms with Crippen molar-refractivity contribution in [3.8, 4) is 5.06 Å². The number of ether oxygens (including phenoxy) is 1. The maximum atomic E-state index is 11.2. The van der Waals surface area contributed by atoms with Crippen LogP contribution in [0.1, 0.15) is 20.3 Å². The Labute approximate surface area is 111 Å². The lowest BCUT2D eigenvalue weighted by molar-refractivity contribution is -0.139. The topological polar surface area (TPSA) is 46.5 Å². The summed E-state index contributed by atoms with van der Waals surface area (Å²) in [6.45, 7) is 3.61. The van der Waals surface area contributed by atoms with Gasteiger partial charge in [0.25, 0.3) is 0 Å². The fraction of sp³-hybridized carbons (Fsp3) is 0.500. The smallest absolute Gasteiger partial charge is 0.319 e. The average Bonchev–Trinajstić information content (AvgIpc) is 2.59. The summed E-state index contributed by atoms with van der Waals surface area (Å²) in [5.41, 5.74) is 0. The third-order valence-corrected chi connectivity index (χ3v) is 6.14. The largest absolute Gasteiger partial charge is 0.487 e. The summed E-state index contributed by atoms with van der Waals surface area (Å²) in [4.78, 5) is 11.2. The number of carboxylic acids is 1. The molecule has 1 N–H and O–H groups in total. The van der Waals surface area contributed by atoms with E-state index in [1.807, 2.05) is 13.0 Å². The van der Waals surface area contributed by atoms with E-state index in [1.54, 1.807) is 14.0 Å². The first-order chi connectivity index (χ1) is 7.42. The maximum absolute atomic E-state index is 11.2. The number of hydrogen-bond donors (Lipinski definition) is 1. The number of halogens is 1. The maximum Gasteiger partial charge on any atom is 0.319 e. The molecule has 0 bridgehead atoms. The summed E-state index contributed by atoms with van der Waals surface area (Å²) in [5.74, 6) is -0.792. The molecule has 0 aliphatic heterocycles. The van der Waals surface area contributed by atoms with Gasteiger partial charge < -0.3 is 9.84 Å². The van der Waals surface area contributed by atoms with E-state index in [-0.39, 0.29) is 0 Å². The van der Waals surface area contributed by atoms with Crippen LogP contribution in [0.5, 0.6) is 5.06 Å². The predicted octanol–water partition coefficient (Wildman–Crippen LogP) is 3.86. The van der Waals surface area contributed by atoms with Crippen LogP contribution in [0.2, 0.25) is 0 Å². The lowest BCUT2D eigenvalue weighted by Gasteiger charge is -2.21. The molecule has 3 nitrogen and oxygen atoms in total. The molecule has 1 unspecified atom stereocenters. The molecule has 0 aliphatic rings. The van der Waals surface area contributed by atoms with Gasteiger partial charge in [-0.05, 0) is 29.3 Å². The Morgan fingerprint density at radius 1 is 1.75 bits per heavy atom. The van der Waals surface area contributed by atoms with Crippen LogP contribution in [0.3, 0.4) is 0 Å². The number of rotatable bonds is 5. The van der Waals surface area contributed by atoms with Crippen molar-refractivity contribution in [2.24, 2.45) is 0 Å². The first-order valence-corrected chi connectivity index (χ1v) is 7.11. The van der Waals surface area contributed by atoms with Gasteiger partial charge in [-0.2, -0.15) is 0 Å². The quantitative estimate of drug-likeness (QED) is 0.835. The van der Waals surface area contributed by atoms with Gasteiger partial charge in [-0.1, -0.05) is 30.0 Å². The number of carboxylic acid groups (broad SMARTS) is 1. The summed E-state index contributed by atoms with van der Waals surface area (Å²) in [6, 6.07) is 1.85. The second-order valence-corrected chi connectivity index (χ2v) is 7.04. The first kappa shape index (κ1) is 13.9. The molecule has 1 atom stereocenters. The molecule has 0 radical (unpaired) electrons. The Bertz CT molecular complexity index is 391. The van der Waals surface area contributed by atoms with Crippen molar-refractivity contribution in [1.82, 2.24) is 0 Å². The highest BCUT2D eigenvalue weighted by Crippen LogP contribution is 2.46. The minimum Gasteiger partial charge on any atom is -0.487 e. The van der Waals surface area contributed by atoms with Crippen molar-refractivity contribution in [3.05, 3.63) is 10.5 Å². The van der Waals surface area contributed by atoms with Gasteiger partial charge in [-0.3, -0.25) is 4.79 Å². The zero-order valence-electron chi connectivity index (χ0n) is 9.24. The summed E-state index contributed by atoms with van der Waals surface area (Å²) in [5, 5.41) is 9.96. The van der Waals surface area contributed by atoms with E-state index < -0.39 is 10.7 Å². The van der Waals surface area contributed by atoms with Crippen LogP contribution in [-0.4, -0.2) is 22.9 Å². The van der Waals surface area contributed by atoms with E-state index in [1.165, 1.54) is 23.1 Å². The van der Waals surface area contributed by atoms with Gasteiger partial charge in [0.2, 0.25) is 0 Å². The van der Waals surface area contributed by atoms with Gasteiger partial charge in [-0.25, -0.2) is 0 Å². The zero-order chi connectivity index (χ0) is 12.3. The Morgan fingerprint density at radius 3 is 2.75 bits per heavy atom. The fourth-order valence-electron chi connectivity index (χ4n) is 0.974. The third kappa shape index (κ3) is 2.93. The van der Waals surface area contributed by atoms with E-state index in [9.17, 15) is 9.90 Å². The summed E-state index contributed by atoms with van der Waals surface area (Å²) >= 11 is 6.21. The number of thioether (sulfide) groups is 1. The first-order valence-electron chi connectivity index (χ1n) is 4.68. The average molecular weight is 325 g/mol. The highest BCUT2D eigenvalue weighted by atomic mass is 79.9. The van der Waals surface area contributed by atoms with Crippen LogP contribution in [0.4, 0.5) is 0 Å². The molecule has 0 aromatic carbocycles. The lowest BCUT2D eigenvalue weighted by Crippen LogP contribution is -2.30. The molecule has 16 heavy (non-hydrogen) atoms. The lowest BCUT2D eigenvalue weighted by atomic mass is 10.1. The van der Waals surface area contributed by atoms with E-state index in [0.717, 1.165) is 13.7 Å². The molecule has 1 rings (SSSR count). The van der Waals surface area contributed by atoms with Crippen LogP contribution >= 0.6 is 39.0 Å². The molecule has 90 valence electrons. The van der Waals surface area contributed by atoms with E-state index >= 15 is 0 Å². The van der Waals surface area contributed by atoms with Gasteiger partial charge in [0.05, 0.1) is 11.3 Å². The molecule has 1 aromatic rings. The van der Waals surface area contributed by atoms with Gasteiger partial charge in [-0.15, -0.1) is 0 Å². The molecule has 1 heterocycles. The summed E-state index contributed by atoms with van der Waals surface area (Å²) in [7, 11) is 1.60. The van der Waals surface area contributed by atoms with Crippen molar-refractivity contribution >= 4 is 45.0 Å². The second kappa shape index (κ2) is 5.42. The van der Waals surface area contributed by atoms with Gasteiger partial charge in [0.15, 0.2) is 5.06 Å². The number of carbonyl (C=O) groups is 1. The van der Waals surface area contributed by atoms with E-state index in [2.05, 4.69) is 15.9 Å². The minimum absolute atomic E-state index is 0.569. The second-order valence-electron chi connectivity index (χ2n) is 3.40. The van der Waals surface area contributed by atoms with Crippen molar-refractivity contribution in [1.29, 1.82) is 0 Å². The van der Waals surface area contributed by atoms with Gasteiger partial charge in [0, 0.05) is 10.5 Å². The Hall–Kier alpha value is -0.200. The Balaban J connectivity index is 2.94. The molecule has 0 fully saturated rings. The number of thiophene rings is 1. The highest BCUT2D eigenvalue weighted by Gasteiger charge is 2.33. The highest BCUT2D eigenvalue weighted by molar-refractivity contribution is 9.10. The summed E-state index contributed by atoms with van der Waals surface area (Å²) in [6.07, 6.45) is 0.569. The predicted molar refractivity (Wildman–Crippen MR) is 70.8 cm³/mol. The zero-order valence-corrected chi connectivity index (χ0v) is 12.5. The SMILES string of the molecule is CCC(C)(Sc1sc(OC)cc1Br)C(=O)O. The Morgan fingerprint density at radius 2 is 2.38 bits per heavy atom. The van der Waals surface area contributed by atoms with Gasteiger partial charge in [0.1, 0.15) is 4.75 Å². The van der Waals surface area contributed by atoms with Crippen LogP contribution in [0, 0.1) is 0 Å². The van der Waals surface area contributed by atoms with E-state index in [0.29, 0.717) is 6.42 Å². The van der Waals surface area contributed by atoms with E-state index in [4.69, 9.17) is 4.74 Å². The minimum atomic E-state index is -0.793. The molecule has 6 heteroatoms. The molecular formula is C10H13BrO3S2. The monoisotopic (exact) mass is 324 g/mol. The molecular weight excluding hydrogens is 312 g/mol. The number of hydrogen-bond acceptors (Lipinski definition) is 4. The van der Waals surface area contributed by atoms with Crippen LogP contribution in [0.15, 0.2) is 14.7 Å². The van der Waals surface area contributed by atoms with Crippen LogP contribution in [-0.2, 0) is 4.79 Å². The summed E-state index contributed by atoms with van der Waals surface area (Å²) < 4.78 is 6.14.